The van der Waals surface area contributed by atoms with Crippen molar-refractivity contribution in [3.05, 3.63) is 67.4 Å². The fraction of sp³-hybridized carbons (Fsp3) is 0. The first-order valence-electron chi connectivity index (χ1n) is 6.53. The molecule has 2 rings (SSSR count). The molecule has 0 radical (unpaired) electrons. The summed E-state index contributed by atoms with van der Waals surface area (Å²) in [7, 11) is 0. The number of phenols is 1. The van der Waals surface area contributed by atoms with Gasteiger partial charge in [-0.05, 0) is 40.2 Å². The lowest BCUT2D eigenvalue weighted by atomic mass is 10.1. The third-order valence-electron chi connectivity index (χ3n) is 2.98. The molecule has 8 nitrogen and oxygen atoms in total. The second-order valence-electron chi connectivity index (χ2n) is 4.63. The van der Waals surface area contributed by atoms with Gasteiger partial charge in [-0.3, -0.25) is 14.9 Å². The number of hydrogen-bond donors (Lipinski definition) is 2. The quantitative estimate of drug-likeness (QED) is 0.458. The Bertz CT molecular complexity index is 940. The van der Waals surface area contributed by atoms with E-state index in [0.717, 1.165) is 24.4 Å². The van der Waals surface area contributed by atoms with Gasteiger partial charge in [-0.1, -0.05) is 0 Å². The Morgan fingerprint density at radius 3 is 2.76 bits per heavy atom. The fourth-order valence-electron chi connectivity index (χ4n) is 1.81. The summed E-state index contributed by atoms with van der Waals surface area (Å²) in [5.41, 5.74) is 1.50. The molecule has 0 aliphatic rings. The third-order valence-corrected chi connectivity index (χ3v) is 3.59. The van der Waals surface area contributed by atoms with Gasteiger partial charge in [-0.15, -0.1) is 0 Å². The zero-order valence-corrected chi connectivity index (χ0v) is 13.8. The number of nitrogens with zero attached hydrogens (tertiary/aromatic N) is 3. The SMILES string of the molecule is N#Cc1ccc(C(=O)N/N=C\c2cc(Br)c(O)c([N+](=O)[O-])c2)c(F)c1. The predicted octanol–water partition coefficient (Wildman–Crippen LogP) is 2.84. The highest BCUT2D eigenvalue weighted by molar-refractivity contribution is 9.10. The lowest BCUT2D eigenvalue weighted by Crippen LogP contribution is -2.19. The van der Waals surface area contributed by atoms with Gasteiger partial charge in [0.25, 0.3) is 5.91 Å². The van der Waals surface area contributed by atoms with Crippen molar-refractivity contribution < 1.29 is 19.2 Å². The van der Waals surface area contributed by atoms with E-state index in [0.29, 0.717) is 0 Å². The molecule has 2 aromatic carbocycles. The number of carbonyl (C=O) groups excluding carboxylic acids is 1. The minimum Gasteiger partial charge on any atom is -0.501 e. The maximum atomic E-state index is 13.7. The molecule has 0 aromatic heterocycles. The molecule has 10 heteroatoms. The lowest BCUT2D eigenvalue weighted by Gasteiger charge is -2.03. The zero-order valence-electron chi connectivity index (χ0n) is 12.2. The van der Waals surface area contributed by atoms with Crippen LogP contribution in [0.5, 0.6) is 5.75 Å². The minimum atomic E-state index is -0.880. The van der Waals surface area contributed by atoms with E-state index >= 15 is 0 Å². The Morgan fingerprint density at radius 2 is 2.16 bits per heavy atom. The van der Waals surface area contributed by atoms with Crippen molar-refractivity contribution in [2.24, 2.45) is 5.10 Å². The second kappa shape index (κ2) is 7.50. The van der Waals surface area contributed by atoms with Crippen molar-refractivity contribution in [1.82, 2.24) is 5.43 Å². The topological polar surface area (TPSA) is 129 Å². The van der Waals surface area contributed by atoms with Gasteiger partial charge < -0.3 is 5.11 Å². The number of benzene rings is 2. The molecule has 0 heterocycles. The molecule has 1 amide bonds. The molecule has 0 unspecified atom stereocenters. The van der Waals surface area contributed by atoms with Crippen LogP contribution in [0.25, 0.3) is 0 Å². The van der Waals surface area contributed by atoms with Crippen LogP contribution in [0.1, 0.15) is 21.5 Å². The van der Waals surface area contributed by atoms with E-state index in [9.17, 15) is 24.4 Å². The first kappa shape index (κ1) is 18.0. The van der Waals surface area contributed by atoms with Crippen LogP contribution in [0.15, 0.2) is 39.9 Å². The van der Waals surface area contributed by atoms with Crippen molar-refractivity contribution in [1.29, 1.82) is 5.26 Å². The van der Waals surface area contributed by atoms with E-state index in [1.807, 2.05) is 0 Å². The van der Waals surface area contributed by atoms with Crippen LogP contribution in [0.2, 0.25) is 0 Å². The van der Waals surface area contributed by atoms with E-state index in [-0.39, 0.29) is 21.2 Å². The number of hydrazone groups is 1. The number of nitro benzene ring substituents is 1. The van der Waals surface area contributed by atoms with Gasteiger partial charge in [-0.2, -0.15) is 10.4 Å². The first-order chi connectivity index (χ1) is 11.8. The second-order valence-corrected chi connectivity index (χ2v) is 5.49. The van der Waals surface area contributed by atoms with Crippen molar-refractivity contribution in [3.8, 4) is 11.8 Å². The van der Waals surface area contributed by atoms with E-state index < -0.39 is 28.1 Å². The fourth-order valence-corrected chi connectivity index (χ4v) is 2.28. The first-order valence-corrected chi connectivity index (χ1v) is 7.32. The number of amides is 1. The third kappa shape index (κ3) is 4.15. The van der Waals surface area contributed by atoms with Crippen LogP contribution in [0.3, 0.4) is 0 Å². The van der Waals surface area contributed by atoms with Crippen molar-refractivity contribution in [3.63, 3.8) is 0 Å². The van der Waals surface area contributed by atoms with Crippen LogP contribution in [0.4, 0.5) is 10.1 Å². The molecule has 0 bridgehead atoms. The molecule has 0 aliphatic heterocycles. The Hall–Kier alpha value is -3.32. The molecule has 25 heavy (non-hydrogen) atoms. The van der Waals surface area contributed by atoms with Gasteiger partial charge in [0.05, 0.1) is 32.8 Å². The number of hydrogen-bond acceptors (Lipinski definition) is 6. The highest BCUT2D eigenvalue weighted by Crippen LogP contribution is 2.34. The Balaban J connectivity index is 2.17. The minimum absolute atomic E-state index is 0.0683. The molecule has 0 fully saturated rings. The van der Waals surface area contributed by atoms with Crippen molar-refractivity contribution in [2.45, 2.75) is 0 Å². The largest absolute Gasteiger partial charge is 0.501 e. The molecule has 126 valence electrons. The molecule has 2 N–H and O–H groups in total. The number of nitro groups is 1. The van der Waals surface area contributed by atoms with Gasteiger partial charge in [-0.25, -0.2) is 9.82 Å². The highest BCUT2D eigenvalue weighted by Gasteiger charge is 2.17. The number of nitriles is 1. The standard InChI is InChI=1S/C15H8BrFN4O4/c16-11-3-9(5-13(14(11)22)21(24)25)7-19-20-15(23)10-2-1-8(6-18)4-12(10)17/h1-5,7,22H,(H,20,23)/b19-7-. The smallest absolute Gasteiger partial charge is 0.312 e. The molecule has 0 spiro atoms. The van der Waals surface area contributed by atoms with Crippen LogP contribution < -0.4 is 5.43 Å². The van der Waals surface area contributed by atoms with E-state index in [4.69, 9.17) is 5.26 Å². The van der Waals surface area contributed by atoms with Crippen molar-refractivity contribution in [2.75, 3.05) is 0 Å². The Morgan fingerprint density at radius 1 is 1.44 bits per heavy atom. The Kier molecular flexibility index (Phi) is 5.41. The van der Waals surface area contributed by atoms with Gasteiger partial charge in [0, 0.05) is 11.6 Å². The summed E-state index contributed by atoms with van der Waals surface area (Å²) >= 11 is 2.97. The summed E-state index contributed by atoms with van der Waals surface area (Å²) in [6.07, 6.45) is 1.09. The average Bonchev–Trinajstić information content (AvgIpc) is 2.57. The normalized spacial score (nSPS) is 10.4. The molecule has 0 saturated carbocycles. The molecular formula is C15H8BrFN4O4. The van der Waals surface area contributed by atoms with E-state index in [2.05, 4.69) is 26.5 Å². The van der Waals surface area contributed by atoms with E-state index in [1.54, 1.807) is 6.07 Å². The number of halogens is 2. The molecule has 2 aromatic rings. The summed E-state index contributed by atoms with van der Waals surface area (Å²) in [5, 5.41) is 32.6. The summed E-state index contributed by atoms with van der Waals surface area (Å²) in [4.78, 5) is 21.9. The average molecular weight is 407 g/mol. The van der Waals surface area contributed by atoms with Crippen molar-refractivity contribution >= 4 is 33.7 Å². The monoisotopic (exact) mass is 406 g/mol. The van der Waals surface area contributed by atoms with Gasteiger partial charge in [0.15, 0.2) is 0 Å². The molecular weight excluding hydrogens is 399 g/mol. The summed E-state index contributed by atoms with van der Waals surface area (Å²) < 4.78 is 13.8. The number of carbonyl (C=O) groups is 1. The number of rotatable bonds is 4. The number of phenolic OH excluding ortho intramolecular Hbond substituents is 1. The van der Waals surface area contributed by atoms with E-state index in [1.165, 1.54) is 12.1 Å². The summed E-state index contributed by atoms with van der Waals surface area (Å²) in [6.45, 7) is 0. The van der Waals surface area contributed by atoms with Crippen LogP contribution in [-0.4, -0.2) is 22.2 Å². The molecule has 0 atom stereocenters. The number of nitrogens with one attached hydrogen (secondary N) is 1. The number of aromatic hydroxyl groups is 1. The van der Waals surface area contributed by atoms with Gasteiger partial charge >= 0.3 is 5.69 Å². The summed E-state index contributed by atoms with van der Waals surface area (Å²) in [5.74, 6) is -2.27. The maximum absolute atomic E-state index is 13.7. The highest BCUT2D eigenvalue weighted by atomic mass is 79.9. The zero-order chi connectivity index (χ0) is 18.6. The molecule has 0 saturated heterocycles. The van der Waals surface area contributed by atoms with Gasteiger partial charge in [0.2, 0.25) is 5.75 Å². The predicted molar refractivity (Wildman–Crippen MR) is 88.6 cm³/mol. The summed E-state index contributed by atoms with van der Waals surface area (Å²) in [6, 6.07) is 7.48. The van der Waals surface area contributed by atoms with Crippen LogP contribution in [0, 0.1) is 27.3 Å². The maximum Gasteiger partial charge on any atom is 0.312 e. The Labute approximate surface area is 148 Å². The van der Waals surface area contributed by atoms with Crippen LogP contribution in [-0.2, 0) is 0 Å². The lowest BCUT2D eigenvalue weighted by molar-refractivity contribution is -0.386. The van der Waals surface area contributed by atoms with Crippen LogP contribution >= 0.6 is 15.9 Å². The van der Waals surface area contributed by atoms with Gasteiger partial charge in [0.1, 0.15) is 5.82 Å². The molecule has 0 aliphatic carbocycles.